The van der Waals surface area contributed by atoms with E-state index in [9.17, 15) is 0 Å². The molecule has 0 unspecified atom stereocenters. The Hall–Kier alpha value is -2.30. The maximum absolute atomic E-state index is 4.03. The number of benzene rings is 1. The van der Waals surface area contributed by atoms with Crippen molar-refractivity contribution >= 4 is 10.9 Å². The smallest absolute Gasteiger partial charge is 0.205 e. The van der Waals surface area contributed by atoms with Crippen molar-refractivity contribution < 1.29 is 0 Å². The fraction of sp³-hybridized carbons (Fsp3) is 0.0909. The maximum Gasteiger partial charge on any atom is 0.205 e. The lowest BCUT2D eigenvalue weighted by Gasteiger charge is -2.00. The van der Waals surface area contributed by atoms with Crippen LogP contribution in [0, 0.1) is 6.92 Å². The normalized spacial score (nSPS) is 10.8. The molecule has 1 N–H and O–H groups in total. The van der Waals surface area contributed by atoms with E-state index in [1.807, 2.05) is 30.5 Å². The summed E-state index contributed by atoms with van der Waals surface area (Å²) in [6.07, 6.45) is 1.89. The number of fused-ring (bicyclic) bond motifs is 1. The number of rotatable bonds is 1. The Morgan fingerprint density at radius 2 is 1.81 bits per heavy atom. The van der Waals surface area contributed by atoms with E-state index >= 15 is 0 Å². The topological polar surface area (TPSA) is 67.3 Å². The first-order valence-electron chi connectivity index (χ1n) is 4.95. The van der Waals surface area contributed by atoms with Gasteiger partial charge in [-0.1, -0.05) is 12.1 Å². The molecular formula is C11H9N5. The summed E-state index contributed by atoms with van der Waals surface area (Å²) < 4.78 is 0. The van der Waals surface area contributed by atoms with E-state index in [1.165, 1.54) is 0 Å². The third kappa shape index (κ3) is 1.33. The predicted octanol–water partition coefficient (Wildman–Crippen LogP) is 1.72. The highest BCUT2D eigenvalue weighted by Crippen LogP contribution is 2.23. The van der Waals surface area contributed by atoms with Crippen molar-refractivity contribution in [2.75, 3.05) is 0 Å². The van der Waals surface area contributed by atoms with Gasteiger partial charge in [0, 0.05) is 17.1 Å². The molecule has 5 heteroatoms. The van der Waals surface area contributed by atoms with Gasteiger partial charge in [-0.05, 0) is 19.1 Å². The number of hydrogen-bond donors (Lipinski definition) is 1. The number of aromatic amines is 1. The highest BCUT2D eigenvalue weighted by Gasteiger charge is 2.07. The van der Waals surface area contributed by atoms with Crippen LogP contribution in [0.4, 0.5) is 0 Å². The van der Waals surface area contributed by atoms with Gasteiger partial charge in [0.1, 0.15) is 0 Å². The van der Waals surface area contributed by atoms with Crippen molar-refractivity contribution in [1.29, 1.82) is 0 Å². The van der Waals surface area contributed by atoms with E-state index in [0.29, 0.717) is 11.6 Å². The van der Waals surface area contributed by atoms with E-state index in [-0.39, 0.29) is 0 Å². The third-order valence-electron chi connectivity index (χ3n) is 2.41. The van der Waals surface area contributed by atoms with Crippen LogP contribution in [0.1, 0.15) is 5.82 Å². The highest BCUT2D eigenvalue weighted by atomic mass is 15.3. The molecule has 3 rings (SSSR count). The van der Waals surface area contributed by atoms with Gasteiger partial charge >= 0.3 is 0 Å². The van der Waals surface area contributed by atoms with Gasteiger partial charge in [0.05, 0.1) is 5.52 Å². The summed E-state index contributed by atoms with van der Waals surface area (Å²) in [5.41, 5.74) is 1.93. The molecule has 3 aromatic rings. The monoisotopic (exact) mass is 211 g/mol. The van der Waals surface area contributed by atoms with Crippen LogP contribution in [-0.4, -0.2) is 25.4 Å². The minimum Gasteiger partial charge on any atom is -0.361 e. The average molecular weight is 211 g/mol. The van der Waals surface area contributed by atoms with E-state index in [0.717, 1.165) is 16.5 Å². The van der Waals surface area contributed by atoms with Crippen molar-refractivity contribution in [2.45, 2.75) is 6.92 Å². The number of nitrogens with one attached hydrogen (secondary N) is 1. The molecule has 0 saturated heterocycles. The molecule has 5 nitrogen and oxygen atoms in total. The zero-order chi connectivity index (χ0) is 11.0. The van der Waals surface area contributed by atoms with Crippen molar-refractivity contribution in [1.82, 2.24) is 25.4 Å². The summed E-state index contributed by atoms with van der Waals surface area (Å²) in [6.45, 7) is 1.76. The van der Waals surface area contributed by atoms with Crippen molar-refractivity contribution in [3.8, 4) is 11.4 Å². The molecule has 0 aliphatic heterocycles. The molecular weight excluding hydrogens is 202 g/mol. The number of aromatic nitrogens is 5. The minimum atomic E-state index is 0.540. The molecule has 0 radical (unpaired) electrons. The van der Waals surface area contributed by atoms with Crippen molar-refractivity contribution in [3.63, 3.8) is 0 Å². The van der Waals surface area contributed by atoms with Crippen LogP contribution in [-0.2, 0) is 0 Å². The average Bonchev–Trinajstić information content (AvgIpc) is 2.78. The number of H-pyrrole nitrogens is 1. The first-order valence-corrected chi connectivity index (χ1v) is 4.95. The molecule has 2 aromatic heterocycles. The van der Waals surface area contributed by atoms with Gasteiger partial charge in [-0.2, -0.15) is 0 Å². The van der Waals surface area contributed by atoms with Crippen LogP contribution in [0.15, 0.2) is 30.5 Å². The number of hydrogen-bond acceptors (Lipinski definition) is 4. The minimum absolute atomic E-state index is 0.540. The third-order valence-corrected chi connectivity index (χ3v) is 2.41. The van der Waals surface area contributed by atoms with Gasteiger partial charge in [-0.3, -0.25) is 0 Å². The van der Waals surface area contributed by atoms with Gasteiger partial charge in [-0.15, -0.1) is 20.4 Å². The molecule has 1 aromatic carbocycles. The second-order valence-corrected chi connectivity index (χ2v) is 3.52. The highest BCUT2D eigenvalue weighted by molar-refractivity contribution is 5.92. The molecule has 78 valence electrons. The van der Waals surface area contributed by atoms with E-state index in [1.54, 1.807) is 6.92 Å². The summed E-state index contributed by atoms with van der Waals surface area (Å²) >= 11 is 0. The van der Waals surface area contributed by atoms with E-state index in [4.69, 9.17) is 0 Å². The standard InChI is InChI=1S/C11H9N5/c1-7-13-15-11(16-14-7)9-4-2-3-8-5-6-12-10(8)9/h2-6,12H,1H3. The largest absolute Gasteiger partial charge is 0.361 e. The number of nitrogens with zero attached hydrogens (tertiary/aromatic N) is 4. The molecule has 0 saturated carbocycles. The Morgan fingerprint density at radius 3 is 2.62 bits per heavy atom. The molecule has 0 fully saturated rings. The lowest BCUT2D eigenvalue weighted by molar-refractivity contribution is 0.817. The fourth-order valence-electron chi connectivity index (χ4n) is 1.66. The quantitative estimate of drug-likeness (QED) is 0.665. The second kappa shape index (κ2) is 3.37. The SMILES string of the molecule is Cc1nnc(-c2cccc3cc[nH]c23)nn1. The summed E-state index contributed by atoms with van der Waals surface area (Å²) in [5, 5.41) is 17.0. The molecule has 0 bridgehead atoms. The molecule has 0 aliphatic carbocycles. The van der Waals surface area contributed by atoms with Crippen LogP contribution < -0.4 is 0 Å². The van der Waals surface area contributed by atoms with Crippen LogP contribution in [0.2, 0.25) is 0 Å². The zero-order valence-electron chi connectivity index (χ0n) is 8.68. The molecule has 0 amide bonds. The lowest BCUT2D eigenvalue weighted by atomic mass is 10.1. The van der Waals surface area contributed by atoms with Gasteiger partial charge in [0.2, 0.25) is 5.82 Å². The number of para-hydroxylation sites is 1. The first kappa shape index (κ1) is 8.96. The Balaban J connectivity index is 2.25. The van der Waals surface area contributed by atoms with Gasteiger partial charge < -0.3 is 4.98 Å². The first-order chi connectivity index (χ1) is 7.84. The van der Waals surface area contributed by atoms with Crippen molar-refractivity contribution in [2.24, 2.45) is 0 Å². The van der Waals surface area contributed by atoms with Crippen LogP contribution >= 0.6 is 0 Å². The Kier molecular flexibility index (Phi) is 1.89. The van der Waals surface area contributed by atoms with Crippen LogP contribution in [0.5, 0.6) is 0 Å². The molecule has 2 heterocycles. The Morgan fingerprint density at radius 1 is 1.00 bits per heavy atom. The van der Waals surface area contributed by atoms with Gasteiger partial charge in [-0.25, -0.2) is 0 Å². The van der Waals surface area contributed by atoms with E-state index < -0.39 is 0 Å². The summed E-state index contributed by atoms with van der Waals surface area (Å²) in [5.74, 6) is 1.11. The molecule has 0 atom stereocenters. The Labute approximate surface area is 91.6 Å². The van der Waals surface area contributed by atoms with Gasteiger partial charge in [0.25, 0.3) is 0 Å². The molecule has 0 spiro atoms. The van der Waals surface area contributed by atoms with Crippen LogP contribution in [0.25, 0.3) is 22.3 Å². The fourth-order valence-corrected chi connectivity index (χ4v) is 1.66. The van der Waals surface area contributed by atoms with Crippen molar-refractivity contribution in [3.05, 3.63) is 36.3 Å². The second-order valence-electron chi connectivity index (χ2n) is 3.52. The summed E-state index contributed by atoms with van der Waals surface area (Å²) in [6, 6.07) is 7.96. The molecule has 0 aliphatic rings. The number of aryl methyl sites for hydroxylation is 1. The predicted molar refractivity (Wildman–Crippen MR) is 59.7 cm³/mol. The summed E-state index contributed by atoms with van der Waals surface area (Å²) in [4.78, 5) is 3.17. The van der Waals surface area contributed by atoms with E-state index in [2.05, 4.69) is 25.4 Å². The Bertz CT molecular complexity index is 626. The molecule has 16 heavy (non-hydrogen) atoms. The summed E-state index contributed by atoms with van der Waals surface area (Å²) in [7, 11) is 0. The zero-order valence-corrected chi connectivity index (χ0v) is 8.68. The van der Waals surface area contributed by atoms with Gasteiger partial charge in [0.15, 0.2) is 5.82 Å². The lowest BCUT2D eigenvalue weighted by Crippen LogP contribution is -1.98. The maximum atomic E-state index is 4.03. The van der Waals surface area contributed by atoms with Crippen LogP contribution in [0.3, 0.4) is 0 Å².